The van der Waals surface area contributed by atoms with Gasteiger partial charge in [-0.15, -0.1) is 0 Å². The molecule has 2 aromatic rings. The number of nitrogens with zero attached hydrogens (tertiary/aromatic N) is 4. The average Bonchev–Trinajstić information content (AvgIpc) is 2.96. The van der Waals surface area contributed by atoms with Crippen LogP contribution in [-0.2, 0) is 13.1 Å². The van der Waals surface area contributed by atoms with Gasteiger partial charge in [0.15, 0.2) is 0 Å². The summed E-state index contributed by atoms with van der Waals surface area (Å²) in [6, 6.07) is 20.7. The second-order valence-corrected chi connectivity index (χ2v) is 9.21. The van der Waals surface area contributed by atoms with Crippen LogP contribution in [0, 0.1) is 10.1 Å². The third-order valence-corrected chi connectivity index (χ3v) is 6.62. The fraction of sp³-hybridized carbons (Fsp3) is 0.520. The molecule has 0 bridgehead atoms. The Kier molecular flexibility index (Phi) is 7.33. The molecule has 0 aliphatic carbocycles. The monoisotopic (exact) mass is 422 g/mol. The largest absolute Gasteiger partial charge is 0.296 e. The molecular formula is C25H34N4O2. The lowest BCUT2D eigenvalue weighted by molar-refractivity contribution is -0.571. The highest BCUT2D eigenvalue weighted by atomic mass is 16.6. The molecule has 2 saturated heterocycles. The Hall–Kier alpha value is -2.28. The maximum atomic E-state index is 12.6. The molecular weight excluding hydrogens is 388 g/mol. The summed E-state index contributed by atoms with van der Waals surface area (Å²) < 4.78 is 0. The summed E-state index contributed by atoms with van der Waals surface area (Å²) in [6.07, 6.45) is 3.53. The minimum absolute atomic E-state index is 0.0307. The van der Waals surface area contributed by atoms with E-state index in [-0.39, 0.29) is 4.92 Å². The van der Waals surface area contributed by atoms with Crippen LogP contribution in [0.2, 0.25) is 0 Å². The second kappa shape index (κ2) is 10.4. The maximum Gasteiger partial charge on any atom is 0.259 e. The van der Waals surface area contributed by atoms with Crippen LogP contribution in [0.15, 0.2) is 60.7 Å². The van der Waals surface area contributed by atoms with Crippen molar-refractivity contribution in [3.05, 3.63) is 81.9 Å². The van der Waals surface area contributed by atoms with Gasteiger partial charge in [0.25, 0.3) is 5.54 Å². The van der Waals surface area contributed by atoms with Gasteiger partial charge in [0.05, 0.1) is 19.6 Å². The number of benzene rings is 2. The lowest BCUT2D eigenvalue weighted by Gasteiger charge is -2.36. The van der Waals surface area contributed by atoms with Crippen molar-refractivity contribution in [1.82, 2.24) is 14.7 Å². The van der Waals surface area contributed by atoms with E-state index in [2.05, 4.69) is 39.0 Å². The summed E-state index contributed by atoms with van der Waals surface area (Å²) in [4.78, 5) is 19.6. The zero-order valence-corrected chi connectivity index (χ0v) is 18.4. The Labute approximate surface area is 185 Å². The first-order valence-corrected chi connectivity index (χ1v) is 11.5. The Morgan fingerprint density at radius 1 is 0.710 bits per heavy atom. The molecule has 2 heterocycles. The van der Waals surface area contributed by atoms with E-state index in [1.807, 2.05) is 36.4 Å². The number of hydrogen-bond donors (Lipinski definition) is 0. The van der Waals surface area contributed by atoms with Crippen LogP contribution in [0.5, 0.6) is 0 Å². The number of likely N-dealkylation sites (tertiary alicyclic amines) is 1. The third-order valence-electron chi connectivity index (χ3n) is 6.62. The minimum atomic E-state index is -0.975. The molecule has 31 heavy (non-hydrogen) atoms. The first-order valence-electron chi connectivity index (χ1n) is 11.5. The maximum absolute atomic E-state index is 12.6. The topological polar surface area (TPSA) is 52.9 Å². The Morgan fingerprint density at radius 3 is 1.65 bits per heavy atom. The van der Waals surface area contributed by atoms with Gasteiger partial charge in [0.2, 0.25) is 0 Å². The Morgan fingerprint density at radius 2 is 1.19 bits per heavy atom. The van der Waals surface area contributed by atoms with Crippen molar-refractivity contribution < 1.29 is 4.92 Å². The molecule has 6 heteroatoms. The zero-order chi connectivity index (χ0) is 21.5. The predicted molar refractivity (Wildman–Crippen MR) is 123 cm³/mol. The molecule has 2 fully saturated rings. The Bertz CT molecular complexity index is 772. The van der Waals surface area contributed by atoms with Crippen molar-refractivity contribution in [3.8, 4) is 0 Å². The van der Waals surface area contributed by atoms with Crippen molar-refractivity contribution in [3.63, 3.8) is 0 Å². The van der Waals surface area contributed by atoms with Gasteiger partial charge in [0, 0.05) is 31.1 Å². The molecule has 166 valence electrons. The lowest BCUT2D eigenvalue weighted by Crippen LogP contribution is -2.59. The van der Waals surface area contributed by atoms with Crippen LogP contribution in [-0.4, -0.2) is 71.0 Å². The van der Waals surface area contributed by atoms with Gasteiger partial charge < -0.3 is 0 Å². The molecule has 2 aliphatic heterocycles. The van der Waals surface area contributed by atoms with E-state index < -0.39 is 5.54 Å². The van der Waals surface area contributed by atoms with Gasteiger partial charge in [-0.05, 0) is 37.1 Å². The number of piperidine rings is 1. The van der Waals surface area contributed by atoms with Crippen molar-refractivity contribution in [1.29, 1.82) is 0 Å². The number of rotatable bonds is 7. The summed E-state index contributed by atoms with van der Waals surface area (Å²) >= 11 is 0. The zero-order valence-electron chi connectivity index (χ0n) is 18.4. The molecule has 0 unspecified atom stereocenters. The van der Waals surface area contributed by atoms with E-state index in [0.29, 0.717) is 19.6 Å². The Balaban J connectivity index is 1.57. The number of hydrogen-bond acceptors (Lipinski definition) is 5. The smallest absolute Gasteiger partial charge is 0.259 e. The lowest BCUT2D eigenvalue weighted by atomic mass is 9.96. The second-order valence-electron chi connectivity index (χ2n) is 9.21. The molecule has 2 aliphatic rings. The van der Waals surface area contributed by atoms with Gasteiger partial charge >= 0.3 is 0 Å². The fourth-order valence-electron chi connectivity index (χ4n) is 5.08. The predicted octanol–water partition coefficient (Wildman–Crippen LogP) is 3.51. The minimum Gasteiger partial charge on any atom is -0.296 e. The van der Waals surface area contributed by atoms with Crippen molar-refractivity contribution >= 4 is 0 Å². The van der Waals surface area contributed by atoms with Gasteiger partial charge in [-0.2, -0.15) is 0 Å². The van der Waals surface area contributed by atoms with Crippen molar-refractivity contribution in [2.75, 3.05) is 45.8 Å². The summed E-state index contributed by atoms with van der Waals surface area (Å²) in [5, 5.41) is 12.6. The molecule has 0 radical (unpaired) electrons. The van der Waals surface area contributed by atoms with Gasteiger partial charge in [-0.1, -0.05) is 67.1 Å². The fourth-order valence-corrected chi connectivity index (χ4v) is 5.08. The standard InChI is InChI=1S/C25H34N4O2/c30-29(31)25(20-26-14-8-3-9-15-26)21-27(18-23-10-4-1-5-11-23)16-17-28(22-25)19-24-12-6-2-7-13-24/h1-2,4-7,10-13H,3,8-9,14-22H2. The van der Waals surface area contributed by atoms with Crippen LogP contribution >= 0.6 is 0 Å². The van der Waals surface area contributed by atoms with E-state index in [0.717, 1.165) is 52.1 Å². The normalized spacial score (nSPS) is 20.9. The summed E-state index contributed by atoms with van der Waals surface area (Å²) in [5.41, 5.74) is 1.46. The molecule has 0 saturated carbocycles. The van der Waals surface area contributed by atoms with E-state index >= 15 is 0 Å². The molecule has 0 amide bonds. The van der Waals surface area contributed by atoms with Gasteiger partial charge in [-0.25, -0.2) is 0 Å². The van der Waals surface area contributed by atoms with Gasteiger partial charge in [0.1, 0.15) is 0 Å². The van der Waals surface area contributed by atoms with E-state index in [1.165, 1.54) is 17.5 Å². The van der Waals surface area contributed by atoms with Crippen LogP contribution in [0.1, 0.15) is 30.4 Å². The summed E-state index contributed by atoms with van der Waals surface area (Å²) in [6.45, 7) is 6.70. The summed E-state index contributed by atoms with van der Waals surface area (Å²) in [5.74, 6) is 0. The molecule has 0 aromatic heterocycles. The first-order chi connectivity index (χ1) is 15.1. The molecule has 4 rings (SSSR count). The van der Waals surface area contributed by atoms with Crippen molar-refractivity contribution in [2.45, 2.75) is 37.9 Å². The van der Waals surface area contributed by atoms with Crippen LogP contribution in [0.4, 0.5) is 0 Å². The molecule has 0 spiro atoms. The first kappa shape index (κ1) is 21.9. The van der Waals surface area contributed by atoms with E-state index in [1.54, 1.807) is 0 Å². The average molecular weight is 423 g/mol. The van der Waals surface area contributed by atoms with Crippen LogP contribution in [0.3, 0.4) is 0 Å². The molecule has 6 nitrogen and oxygen atoms in total. The van der Waals surface area contributed by atoms with Gasteiger partial charge in [-0.3, -0.25) is 24.8 Å². The SMILES string of the molecule is O=[N+]([O-])C1(CN2CCCCC2)CN(Cc2ccccc2)CCN(Cc2ccccc2)C1. The highest BCUT2D eigenvalue weighted by molar-refractivity contribution is 5.16. The molecule has 2 aromatic carbocycles. The molecule has 0 N–H and O–H groups in total. The van der Waals surface area contributed by atoms with Crippen molar-refractivity contribution in [2.24, 2.45) is 0 Å². The van der Waals surface area contributed by atoms with E-state index in [4.69, 9.17) is 0 Å². The quantitative estimate of drug-likeness (QED) is 0.505. The number of nitro groups is 1. The van der Waals surface area contributed by atoms with Crippen LogP contribution in [0.25, 0.3) is 0 Å². The van der Waals surface area contributed by atoms with E-state index in [9.17, 15) is 10.1 Å². The third kappa shape index (κ3) is 5.91. The highest BCUT2D eigenvalue weighted by Gasteiger charge is 2.48. The summed E-state index contributed by atoms with van der Waals surface area (Å²) in [7, 11) is 0. The highest BCUT2D eigenvalue weighted by Crippen LogP contribution is 2.24. The van der Waals surface area contributed by atoms with Crippen LogP contribution < -0.4 is 0 Å². The molecule has 0 atom stereocenters.